The highest BCUT2D eigenvalue weighted by Crippen LogP contribution is 2.37. The minimum atomic E-state index is -0.826. The molecule has 100 valence electrons. The van der Waals surface area contributed by atoms with Gasteiger partial charge < -0.3 is 14.3 Å². The van der Waals surface area contributed by atoms with Gasteiger partial charge in [0.15, 0.2) is 0 Å². The van der Waals surface area contributed by atoms with Crippen LogP contribution in [0.3, 0.4) is 0 Å². The van der Waals surface area contributed by atoms with Crippen LogP contribution in [0.2, 0.25) is 0 Å². The monoisotopic (exact) mass is 265 g/mol. The summed E-state index contributed by atoms with van der Waals surface area (Å²) in [7, 11) is 0. The quantitative estimate of drug-likeness (QED) is 0.844. The maximum atomic E-state index is 13.9. The molecule has 3 atom stereocenters. The van der Waals surface area contributed by atoms with E-state index in [-0.39, 0.29) is 23.1 Å². The fraction of sp³-hybridized carbons (Fsp3) is 0.357. The van der Waals surface area contributed by atoms with Crippen molar-refractivity contribution in [3.8, 4) is 5.75 Å². The number of aliphatic hydroxyl groups excluding tert-OH is 1. The highest BCUT2D eigenvalue weighted by molar-refractivity contribution is 5.83. The van der Waals surface area contributed by atoms with Crippen molar-refractivity contribution in [2.75, 3.05) is 0 Å². The Bertz CT molecular complexity index is 725. The van der Waals surface area contributed by atoms with E-state index in [1.807, 2.05) is 0 Å². The van der Waals surface area contributed by atoms with Crippen molar-refractivity contribution in [1.29, 1.82) is 0 Å². The van der Waals surface area contributed by atoms with Crippen LogP contribution in [0.15, 0.2) is 27.4 Å². The van der Waals surface area contributed by atoms with Crippen molar-refractivity contribution in [2.24, 2.45) is 0 Å². The summed E-state index contributed by atoms with van der Waals surface area (Å²) in [4.78, 5) is 11.3. The number of fused-ring (bicyclic) bond motifs is 3. The lowest BCUT2D eigenvalue weighted by Crippen LogP contribution is -2.19. The fourth-order valence-corrected chi connectivity index (χ4v) is 2.28. The van der Waals surface area contributed by atoms with Crippen LogP contribution < -0.4 is 10.4 Å². The third kappa shape index (κ3) is 2.10. The van der Waals surface area contributed by atoms with Gasteiger partial charge in [-0.05, 0) is 13.0 Å². The zero-order valence-corrected chi connectivity index (χ0v) is 10.2. The smallest absolute Gasteiger partial charge is 0.336 e. The Balaban J connectivity index is 2.18. The molecular formula is C14H13FO4. The van der Waals surface area contributed by atoms with Crippen molar-refractivity contribution >= 4 is 11.0 Å². The Labute approximate surface area is 109 Å². The van der Waals surface area contributed by atoms with Crippen LogP contribution in [0.1, 0.15) is 20.3 Å². The van der Waals surface area contributed by atoms with Crippen LogP contribution in [-0.4, -0.2) is 17.3 Å². The van der Waals surface area contributed by atoms with Gasteiger partial charge in [-0.3, -0.25) is 0 Å². The first-order valence-corrected chi connectivity index (χ1v) is 6.00. The average molecular weight is 265 g/mol. The summed E-state index contributed by atoms with van der Waals surface area (Å²) in [5.41, 5.74) is -0.179. The molecule has 0 spiro atoms. The number of hydrogen-bond acceptors (Lipinski definition) is 4. The number of aliphatic hydroxyl groups is 1. The van der Waals surface area contributed by atoms with Gasteiger partial charge in [-0.15, -0.1) is 0 Å². The van der Waals surface area contributed by atoms with E-state index in [4.69, 9.17) is 10.5 Å². The molecule has 1 aromatic heterocycles. The van der Waals surface area contributed by atoms with Gasteiger partial charge in [0.2, 0.25) is 0 Å². The molecule has 19 heavy (non-hydrogen) atoms. The van der Waals surface area contributed by atoms with E-state index in [0.29, 0.717) is 5.56 Å². The van der Waals surface area contributed by atoms with Gasteiger partial charge in [0.05, 0.1) is 11.5 Å². The molecule has 0 radical (unpaired) electrons. The van der Waals surface area contributed by atoms with E-state index in [0.717, 1.165) is 6.07 Å². The molecule has 1 aliphatic rings. The van der Waals surface area contributed by atoms with Crippen molar-refractivity contribution < 1.29 is 20.0 Å². The van der Waals surface area contributed by atoms with Crippen LogP contribution in [0, 0.1) is 5.82 Å². The van der Waals surface area contributed by atoms with Gasteiger partial charge >= 0.3 is 5.63 Å². The standard InChI is InChI=1S/C14H13FO4/c1-7(16)4-8-5-10-12(18-8)6-11(15)9-2-3-13(17)19-14(9)10/h2-3,6-8,16H,4-5H2,1H3/t7?,8-/m1/s1/i5D/t5-,7?,8-. The number of hydrogen-bond donors (Lipinski definition) is 1. The Kier molecular flexibility index (Phi) is 2.51. The highest BCUT2D eigenvalue weighted by atomic mass is 19.1. The van der Waals surface area contributed by atoms with Gasteiger partial charge in [0.25, 0.3) is 0 Å². The molecule has 1 unspecified atom stereocenters. The van der Waals surface area contributed by atoms with Crippen LogP contribution in [0.4, 0.5) is 4.39 Å². The molecule has 2 heterocycles. The molecule has 0 aliphatic carbocycles. The summed E-state index contributed by atoms with van der Waals surface area (Å²) < 4.78 is 32.7. The van der Waals surface area contributed by atoms with Gasteiger partial charge in [0.1, 0.15) is 23.3 Å². The zero-order valence-electron chi connectivity index (χ0n) is 11.2. The first-order valence-electron chi connectivity index (χ1n) is 6.58. The molecule has 0 amide bonds. The van der Waals surface area contributed by atoms with Crippen LogP contribution >= 0.6 is 0 Å². The lowest BCUT2D eigenvalue weighted by Gasteiger charge is -2.11. The summed E-state index contributed by atoms with van der Waals surface area (Å²) in [6, 6.07) is 3.67. The Morgan fingerprint density at radius 2 is 2.42 bits per heavy atom. The van der Waals surface area contributed by atoms with E-state index >= 15 is 0 Å². The lowest BCUT2D eigenvalue weighted by atomic mass is 10.0. The van der Waals surface area contributed by atoms with Gasteiger partial charge in [-0.1, -0.05) is 0 Å². The van der Waals surface area contributed by atoms with E-state index in [9.17, 15) is 14.3 Å². The maximum Gasteiger partial charge on any atom is 0.336 e. The molecule has 4 nitrogen and oxygen atoms in total. The molecule has 0 saturated carbocycles. The molecule has 1 N–H and O–H groups in total. The molecular weight excluding hydrogens is 251 g/mol. The molecule has 1 aromatic carbocycles. The average Bonchev–Trinajstić information content (AvgIpc) is 2.65. The topological polar surface area (TPSA) is 59.7 Å². The van der Waals surface area contributed by atoms with Crippen LogP contribution in [-0.2, 0) is 6.40 Å². The molecule has 2 aromatic rings. The van der Waals surface area contributed by atoms with Crippen molar-refractivity contribution in [3.05, 3.63) is 40.0 Å². The second-order valence-electron chi connectivity index (χ2n) is 4.68. The van der Waals surface area contributed by atoms with Gasteiger partial charge in [-0.25, -0.2) is 9.18 Å². The first-order chi connectivity index (χ1) is 9.47. The van der Waals surface area contributed by atoms with Gasteiger partial charge in [-0.2, -0.15) is 0 Å². The Morgan fingerprint density at radius 1 is 1.63 bits per heavy atom. The predicted octanol–water partition coefficient (Wildman–Crippen LogP) is 2.01. The Morgan fingerprint density at radius 3 is 3.16 bits per heavy atom. The zero-order chi connectivity index (χ0) is 14.4. The van der Waals surface area contributed by atoms with Crippen molar-refractivity contribution in [3.63, 3.8) is 0 Å². The number of benzene rings is 1. The lowest BCUT2D eigenvalue weighted by molar-refractivity contribution is 0.118. The van der Waals surface area contributed by atoms with E-state index in [1.54, 1.807) is 6.92 Å². The van der Waals surface area contributed by atoms with Crippen molar-refractivity contribution in [2.45, 2.75) is 31.9 Å². The molecule has 1 aliphatic heterocycles. The highest BCUT2D eigenvalue weighted by Gasteiger charge is 2.28. The second kappa shape index (κ2) is 4.35. The maximum absolute atomic E-state index is 13.9. The first kappa shape index (κ1) is 11.0. The van der Waals surface area contributed by atoms with Gasteiger partial charge in [0, 0.05) is 31.9 Å². The molecule has 0 bridgehead atoms. The Hall–Kier alpha value is -1.88. The molecule has 5 heteroatoms. The fourth-order valence-electron chi connectivity index (χ4n) is 2.28. The number of rotatable bonds is 2. The van der Waals surface area contributed by atoms with Crippen LogP contribution in [0.25, 0.3) is 11.0 Å². The summed E-state index contributed by atoms with van der Waals surface area (Å²) in [6.07, 6.45) is -1.79. The van der Waals surface area contributed by atoms with Crippen molar-refractivity contribution in [1.82, 2.24) is 0 Å². The molecule has 3 rings (SSSR count). The number of halogens is 1. The third-order valence-electron chi connectivity index (χ3n) is 3.06. The largest absolute Gasteiger partial charge is 0.489 e. The summed E-state index contributed by atoms with van der Waals surface area (Å²) in [6.45, 7) is 1.60. The number of ether oxygens (including phenoxy) is 1. The third-order valence-corrected chi connectivity index (χ3v) is 3.06. The predicted molar refractivity (Wildman–Crippen MR) is 66.9 cm³/mol. The normalized spacial score (nSPS) is 23.8. The second-order valence-corrected chi connectivity index (χ2v) is 4.68. The van der Waals surface area contributed by atoms with E-state index in [1.165, 1.54) is 12.1 Å². The minimum absolute atomic E-state index is 0.0561. The summed E-state index contributed by atoms with van der Waals surface area (Å²) in [5, 5.41) is 9.57. The molecule has 0 saturated heterocycles. The summed E-state index contributed by atoms with van der Waals surface area (Å²) in [5.74, 6) is -0.359. The molecule has 0 fully saturated rings. The van der Waals surface area contributed by atoms with Crippen LogP contribution in [0.5, 0.6) is 5.75 Å². The summed E-state index contributed by atoms with van der Waals surface area (Å²) >= 11 is 0. The van der Waals surface area contributed by atoms with E-state index < -0.39 is 30.0 Å². The van der Waals surface area contributed by atoms with E-state index in [2.05, 4.69) is 0 Å². The SMILES string of the molecule is [2H][C@H]1c2c(cc(F)c3ccc(=O)oc23)O[C@@H]1CC(C)O. The minimum Gasteiger partial charge on any atom is -0.489 e.